The Bertz CT molecular complexity index is 833. The van der Waals surface area contributed by atoms with E-state index in [0.29, 0.717) is 12.0 Å². The smallest absolute Gasteiger partial charge is 0.225 e. The van der Waals surface area contributed by atoms with Crippen molar-refractivity contribution in [3.8, 4) is 0 Å². The maximum Gasteiger partial charge on any atom is 0.225 e. The van der Waals surface area contributed by atoms with Crippen LogP contribution in [0.3, 0.4) is 0 Å². The van der Waals surface area contributed by atoms with Gasteiger partial charge in [0.2, 0.25) is 5.79 Å². The van der Waals surface area contributed by atoms with Crippen LogP contribution in [0.25, 0.3) is 0 Å². The van der Waals surface area contributed by atoms with Crippen LogP contribution in [-0.2, 0) is 34.7 Å². The Labute approximate surface area is 164 Å². The minimum atomic E-state index is -1.59. The summed E-state index contributed by atoms with van der Waals surface area (Å²) in [5, 5.41) is 40.5. The van der Waals surface area contributed by atoms with Crippen molar-refractivity contribution in [2.24, 2.45) is 0 Å². The Hall–Kier alpha value is -1.80. The lowest BCUT2D eigenvalue weighted by Crippen LogP contribution is -2.63. The molecule has 4 rings (SSSR count). The third-order valence-corrected chi connectivity index (χ3v) is 5.78. The van der Waals surface area contributed by atoms with Gasteiger partial charge in [0.15, 0.2) is 0 Å². The van der Waals surface area contributed by atoms with E-state index in [2.05, 4.69) is 31.2 Å². The average Bonchev–Trinajstić information content (AvgIpc) is 3.08. The largest absolute Gasteiger partial charge is 0.394 e. The first-order chi connectivity index (χ1) is 13.5. The minimum Gasteiger partial charge on any atom is -0.394 e. The summed E-state index contributed by atoms with van der Waals surface area (Å²) >= 11 is 0. The Kier molecular flexibility index (Phi) is 5.26. The van der Waals surface area contributed by atoms with E-state index in [1.54, 1.807) is 0 Å². The molecule has 5 atom stereocenters. The van der Waals surface area contributed by atoms with Crippen molar-refractivity contribution in [2.45, 2.75) is 56.6 Å². The molecule has 2 aliphatic heterocycles. The number of aryl methyl sites for hydroxylation is 1. The molecule has 0 saturated carbocycles. The first kappa shape index (κ1) is 19.5. The summed E-state index contributed by atoms with van der Waals surface area (Å²) in [4.78, 5) is 0. The molecule has 0 unspecified atom stereocenters. The van der Waals surface area contributed by atoms with E-state index in [9.17, 15) is 20.4 Å². The van der Waals surface area contributed by atoms with Crippen LogP contribution in [0.5, 0.6) is 0 Å². The van der Waals surface area contributed by atoms with Gasteiger partial charge in [-0.25, -0.2) is 0 Å². The molecule has 1 fully saturated rings. The standard InChI is InChI=1S/C22H26O6/c1-2-13-3-5-14(6-4-13)9-15-7-8-16-12-27-22(17(16)10-15)21(26)20(25)19(24)18(11-23)28-22/h3-8,10,18-21,23-26H,2,9,11-12H2,1H3/t18-,19-,20+,21-,22+/m1/s1/i3+1,4+1,5+1,6+1,13+1,14+1. The molecule has 1 spiro atoms. The van der Waals surface area contributed by atoms with Crippen molar-refractivity contribution in [3.63, 3.8) is 0 Å². The van der Waals surface area contributed by atoms with Crippen LogP contribution >= 0.6 is 0 Å². The Morgan fingerprint density at radius 1 is 0.964 bits per heavy atom. The Morgan fingerprint density at radius 2 is 1.64 bits per heavy atom. The average molecular weight is 392 g/mol. The number of aliphatic hydroxyl groups is 4. The summed E-state index contributed by atoms with van der Waals surface area (Å²) in [5.74, 6) is -1.59. The number of hydrogen-bond acceptors (Lipinski definition) is 6. The number of benzene rings is 2. The Morgan fingerprint density at radius 3 is 2.32 bits per heavy atom. The van der Waals surface area contributed by atoms with Crippen LogP contribution in [0.2, 0.25) is 0 Å². The highest BCUT2D eigenvalue weighted by atomic mass is 16.7. The van der Waals surface area contributed by atoms with Crippen LogP contribution in [-0.4, -0.2) is 51.4 Å². The fourth-order valence-corrected chi connectivity index (χ4v) is 4.06. The summed E-state index contributed by atoms with van der Waals surface area (Å²) in [7, 11) is 0. The lowest BCUT2D eigenvalue weighted by Gasteiger charge is -2.46. The van der Waals surface area contributed by atoms with Gasteiger partial charge >= 0.3 is 0 Å². The van der Waals surface area contributed by atoms with Gasteiger partial charge in [0.05, 0.1) is 13.2 Å². The van der Waals surface area contributed by atoms with Crippen LogP contribution in [0.15, 0.2) is 42.5 Å². The second-order valence-electron chi connectivity index (χ2n) is 7.56. The highest BCUT2D eigenvalue weighted by molar-refractivity contribution is 5.41. The number of hydrogen-bond donors (Lipinski definition) is 4. The maximum atomic E-state index is 10.7. The van der Waals surface area contributed by atoms with Gasteiger partial charge < -0.3 is 29.9 Å². The summed E-state index contributed by atoms with van der Waals surface area (Å²) in [6, 6.07) is 14.3. The Balaban J connectivity index is 1.66. The molecular weight excluding hydrogens is 366 g/mol. The molecule has 6 heteroatoms. The predicted molar refractivity (Wildman–Crippen MR) is 102 cm³/mol. The van der Waals surface area contributed by atoms with Gasteiger partial charge in [-0.1, -0.05) is 43.3 Å². The zero-order valence-corrected chi connectivity index (χ0v) is 15.8. The van der Waals surface area contributed by atoms with Gasteiger partial charge in [0, 0.05) is 5.56 Å². The second kappa shape index (κ2) is 7.55. The summed E-state index contributed by atoms with van der Waals surface area (Å²) in [6.07, 6.45) is -3.69. The molecular formula is C22H26O6. The molecule has 0 bridgehead atoms. The number of ether oxygens (including phenoxy) is 2. The van der Waals surface area contributed by atoms with Gasteiger partial charge in [-0.3, -0.25) is 0 Å². The molecule has 2 aromatic carbocycles. The first-order valence-electron chi connectivity index (χ1n) is 9.65. The lowest BCUT2D eigenvalue weighted by molar-refractivity contribution is -0.368. The molecule has 0 amide bonds. The van der Waals surface area contributed by atoms with Gasteiger partial charge in [0.25, 0.3) is 0 Å². The van der Waals surface area contributed by atoms with Crippen LogP contribution < -0.4 is 0 Å². The molecule has 0 aromatic heterocycles. The maximum absolute atomic E-state index is 10.7. The van der Waals surface area contributed by atoms with E-state index in [4.69, 9.17) is 9.47 Å². The summed E-state index contributed by atoms with van der Waals surface area (Å²) in [6.45, 7) is 1.85. The monoisotopic (exact) mass is 392 g/mol. The molecule has 150 valence electrons. The zero-order valence-electron chi connectivity index (χ0n) is 15.8. The lowest BCUT2D eigenvalue weighted by atomic mass is 9.87. The van der Waals surface area contributed by atoms with Crippen molar-refractivity contribution in [2.75, 3.05) is 6.61 Å². The van der Waals surface area contributed by atoms with E-state index < -0.39 is 36.8 Å². The summed E-state index contributed by atoms with van der Waals surface area (Å²) < 4.78 is 11.6. The van der Waals surface area contributed by atoms with Crippen molar-refractivity contribution in [3.05, 3.63) is 70.3 Å². The molecule has 4 N–H and O–H groups in total. The van der Waals surface area contributed by atoms with E-state index in [1.807, 2.05) is 18.2 Å². The van der Waals surface area contributed by atoms with Crippen molar-refractivity contribution in [1.82, 2.24) is 0 Å². The van der Waals surface area contributed by atoms with Crippen LogP contribution in [0.1, 0.15) is 34.7 Å². The number of rotatable bonds is 4. The minimum absolute atomic E-state index is 0.221. The fraction of sp³-hybridized carbons (Fsp3) is 0.455. The van der Waals surface area contributed by atoms with Gasteiger partial charge in [0.1, 0.15) is 24.4 Å². The van der Waals surface area contributed by atoms with Crippen LogP contribution in [0, 0.1) is 0 Å². The van der Waals surface area contributed by atoms with Gasteiger partial charge in [-0.2, -0.15) is 0 Å². The highest BCUT2D eigenvalue weighted by Gasteiger charge is 2.58. The van der Waals surface area contributed by atoms with Gasteiger partial charge in [-0.15, -0.1) is 0 Å². The molecule has 2 heterocycles. The SMILES string of the molecule is CC[13c]1[13cH][13cH][13c](Cc2ccc3c(c2)[C@]2(OC3)O[C@H](CO)[C@@H](O)[C@H](O)[C@H]2O)[13cH][13cH]1. The zero-order chi connectivity index (χ0) is 19.9. The normalized spacial score (nSPS) is 31.9. The van der Waals surface area contributed by atoms with Crippen molar-refractivity contribution >= 4 is 0 Å². The van der Waals surface area contributed by atoms with E-state index in [0.717, 1.165) is 17.5 Å². The molecule has 2 aliphatic rings. The number of aliphatic hydroxyl groups excluding tert-OH is 4. The molecule has 2 aromatic rings. The number of fused-ring (bicyclic) bond motifs is 2. The third kappa shape index (κ3) is 3.16. The van der Waals surface area contributed by atoms with Gasteiger partial charge in [-0.05, 0) is 41.2 Å². The van der Waals surface area contributed by atoms with Crippen molar-refractivity contribution < 1.29 is 29.9 Å². The van der Waals surface area contributed by atoms with E-state index >= 15 is 0 Å². The topological polar surface area (TPSA) is 99.4 Å². The first-order valence-corrected chi connectivity index (χ1v) is 9.65. The van der Waals surface area contributed by atoms with Crippen molar-refractivity contribution in [1.29, 1.82) is 0 Å². The highest BCUT2D eigenvalue weighted by Crippen LogP contribution is 2.46. The third-order valence-electron chi connectivity index (χ3n) is 5.78. The molecule has 0 radical (unpaired) electrons. The summed E-state index contributed by atoms with van der Waals surface area (Å²) in [5.41, 5.74) is 4.95. The van der Waals surface area contributed by atoms with E-state index in [1.165, 1.54) is 11.1 Å². The van der Waals surface area contributed by atoms with Crippen LogP contribution in [0.4, 0.5) is 0 Å². The molecule has 6 nitrogen and oxygen atoms in total. The molecule has 1 saturated heterocycles. The predicted octanol–water partition coefficient (Wildman–Crippen LogP) is 0.997. The molecule has 0 aliphatic carbocycles. The quantitative estimate of drug-likeness (QED) is 0.620. The molecule has 28 heavy (non-hydrogen) atoms. The van der Waals surface area contributed by atoms with E-state index in [-0.39, 0.29) is 6.61 Å². The fourth-order valence-electron chi connectivity index (χ4n) is 4.06. The second-order valence-corrected chi connectivity index (χ2v) is 7.56.